The van der Waals surface area contributed by atoms with E-state index in [1.807, 2.05) is 13.8 Å². The van der Waals surface area contributed by atoms with Crippen LogP contribution in [0.4, 0.5) is 0 Å². The van der Waals surface area contributed by atoms with Gasteiger partial charge in [-0.05, 0) is 65.5 Å². The molecule has 5 nitrogen and oxygen atoms in total. The number of nitrogens with one attached hydrogen (secondary N) is 1. The molecule has 2 fully saturated rings. The van der Waals surface area contributed by atoms with Gasteiger partial charge in [-0.25, -0.2) is 4.79 Å². The van der Waals surface area contributed by atoms with Crippen molar-refractivity contribution in [2.24, 2.45) is 11.8 Å². The number of esters is 2. The molecule has 2 aliphatic rings. The van der Waals surface area contributed by atoms with Crippen LogP contribution >= 0.6 is 31.9 Å². The van der Waals surface area contributed by atoms with E-state index in [9.17, 15) is 9.59 Å². The van der Waals surface area contributed by atoms with Gasteiger partial charge in [-0.15, -0.1) is 0 Å². The maximum Gasteiger partial charge on any atom is 0.330 e. The Morgan fingerprint density at radius 2 is 1.62 bits per heavy atom. The number of alkyl halides is 2. The fourth-order valence-corrected chi connectivity index (χ4v) is 3.79. The van der Waals surface area contributed by atoms with E-state index in [4.69, 9.17) is 9.47 Å². The van der Waals surface area contributed by atoms with Gasteiger partial charge >= 0.3 is 11.9 Å². The average Bonchev–Trinajstić information content (AvgIpc) is 2.55. The molecule has 0 atom stereocenters. The first-order valence-corrected chi connectivity index (χ1v) is 10.5. The molecule has 1 aliphatic heterocycles. The molecule has 1 heterocycles. The summed E-state index contributed by atoms with van der Waals surface area (Å²) in [6, 6.07) is 0. The molecule has 0 aromatic heterocycles. The Morgan fingerprint density at radius 1 is 1.04 bits per heavy atom. The van der Waals surface area contributed by atoms with Gasteiger partial charge in [0.25, 0.3) is 0 Å². The van der Waals surface area contributed by atoms with E-state index in [1.54, 1.807) is 0 Å². The Balaban J connectivity index is 1.78. The van der Waals surface area contributed by atoms with Gasteiger partial charge in [0.15, 0.2) is 3.74 Å². The number of carbonyl (C=O) groups is 2. The molecule has 0 bridgehead atoms. The van der Waals surface area contributed by atoms with Crippen molar-refractivity contribution in [2.75, 3.05) is 13.1 Å². The highest BCUT2D eigenvalue weighted by Gasteiger charge is 2.37. The second-order valence-corrected chi connectivity index (χ2v) is 10.3. The van der Waals surface area contributed by atoms with Gasteiger partial charge in [0.2, 0.25) is 0 Å². The van der Waals surface area contributed by atoms with Crippen LogP contribution in [-0.2, 0) is 19.1 Å². The summed E-state index contributed by atoms with van der Waals surface area (Å²) in [6.45, 7) is 6.04. The van der Waals surface area contributed by atoms with Gasteiger partial charge < -0.3 is 14.8 Å². The predicted molar refractivity (Wildman–Crippen MR) is 99.2 cm³/mol. The minimum atomic E-state index is -0.474. The number of hydrogen-bond donors (Lipinski definition) is 1. The third kappa shape index (κ3) is 5.70. The van der Waals surface area contributed by atoms with Crippen molar-refractivity contribution >= 4 is 43.8 Å². The van der Waals surface area contributed by atoms with Gasteiger partial charge in [-0.2, -0.15) is 0 Å². The van der Waals surface area contributed by atoms with E-state index in [2.05, 4.69) is 37.2 Å². The van der Waals surface area contributed by atoms with Gasteiger partial charge in [0.1, 0.15) is 11.7 Å². The number of hydrogen-bond acceptors (Lipinski definition) is 5. The van der Waals surface area contributed by atoms with Crippen molar-refractivity contribution in [1.29, 1.82) is 0 Å². The van der Waals surface area contributed by atoms with E-state index < -0.39 is 9.34 Å². The number of piperidine rings is 1. The van der Waals surface area contributed by atoms with Crippen molar-refractivity contribution < 1.29 is 19.1 Å². The van der Waals surface area contributed by atoms with Crippen LogP contribution in [0.25, 0.3) is 0 Å². The van der Waals surface area contributed by atoms with E-state index >= 15 is 0 Å². The van der Waals surface area contributed by atoms with Crippen LogP contribution in [0.2, 0.25) is 0 Å². The zero-order valence-electron chi connectivity index (χ0n) is 14.4. The first-order chi connectivity index (χ1) is 11.3. The summed E-state index contributed by atoms with van der Waals surface area (Å²) >= 11 is 6.27. The van der Waals surface area contributed by atoms with Crippen LogP contribution in [0.15, 0.2) is 0 Å². The molecule has 24 heavy (non-hydrogen) atoms. The molecule has 0 radical (unpaired) electrons. The first kappa shape index (κ1) is 20.2. The summed E-state index contributed by atoms with van der Waals surface area (Å²) in [5, 5.41) is 3.34. The summed E-state index contributed by atoms with van der Waals surface area (Å²) in [6.07, 6.45) is 4.85. The zero-order chi connectivity index (χ0) is 17.7. The Morgan fingerprint density at radius 3 is 2.17 bits per heavy atom. The largest absolute Gasteiger partial charge is 0.461 e. The van der Waals surface area contributed by atoms with Crippen molar-refractivity contribution in [2.45, 2.75) is 67.8 Å². The van der Waals surface area contributed by atoms with Crippen molar-refractivity contribution in [3.05, 3.63) is 0 Å². The molecule has 0 spiro atoms. The fourth-order valence-electron chi connectivity index (χ4n) is 3.58. The predicted octanol–water partition coefficient (Wildman–Crippen LogP) is 3.53. The van der Waals surface area contributed by atoms with Crippen molar-refractivity contribution in [3.8, 4) is 0 Å². The van der Waals surface area contributed by atoms with Gasteiger partial charge in [-0.3, -0.25) is 4.79 Å². The molecular weight excluding hydrogens is 442 g/mol. The molecule has 1 N–H and O–H groups in total. The Bertz CT molecular complexity index is 442. The van der Waals surface area contributed by atoms with Crippen LogP contribution in [0.1, 0.15) is 52.4 Å². The molecule has 7 heteroatoms. The maximum absolute atomic E-state index is 12.5. The molecule has 138 valence electrons. The Kier molecular flexibility index (Phi) is 7.56. The minimum absolute atomic E-state index is 0.0790. The third-order valence-electron chi connectivity index (χ3n) is 5.15. The second-order valence-electron chi connectivity index (χ2n) is 7.26. The van der Waals surface area contributed by atoms with E-state index in [0.717, 1.165) is 25.9 Å². The summed E-state index contributed by atoms with van der Waals surface area (Å²) in [5.74, 6) is -0.0743. The fraction of sp³-hybridized carbons (Fsp3) is 0.882. The standard InChI is InChI=1S/C17H27Br2NO4/c1-17(2,12-7-9-20-10-8-12)24-15(21)11-3-5-13(6-4-11)23-16(22)14(18)19/h11-14,20H,3-10H2,1-2H3. The lowest BCUT2D eigenvalue weighted by atomic mass is 9.82. The number of rotatable bonds is 5. The monoisotopic (exact) mass is 467 g/mol. The Hall–Kier alpha value is -0.140. The highest BCUT2D eigenvalue weighted by atomic mass is 79.9. The molecule has 0 amide bonds. The summed E-state index contributed by atoms with van der Waals surface area (Å²) < 4.78 is 10.8. The van der Waals surface area contributed by atoms with E-state index in [0.29, 0.717) is 31.6 Å². The van der Waals surface area contributed by atoms with Crippen LogP contribution in [0.5, 0.6) is 0 Å². The minimum Gasteiger partial charge on any atom is -0.461 e. The lowest BCUT2D eigenvalue weighted by Gasteiger charge is -2.38. The molecule has 2 rings (SSSR count). The summed E-state index contributed by atoms with van der Waals surface area (Å²) in [4.78, 5) is 24.1. The molecule has 1 saturated heterocycles. The van der Waals surface area contributed by atoms with Crippen LogP contribution in [0, 0.1) is 11.8 Å². The van der Waals surface area contributed by atoms with E-state index in [-0.39, 0.29) is 24.0 Å². The van der Waals surface area contributed by atoms with Crippen molar-refractivity contribution in [1.82, 2.24) is 5.32 Å². The van der Waals surface area contributed by atoms with Crippen LogP contribution in [-0.4, -0.2) is 40.5 Å². The topological polar surface area (TPSA) is 64.6 Å². The van der Waals surface area contributed by atoms with E-state index in [1.165, 1.54) is 0 Å². The smallest absolute Gasteiger partial charge is 0.330 e. The lowest BCUT2D eigenvalue weighted by molar-refractivity contribution is -0.170. The van der Waals surface area contributed by atoms with Crippen LogP contribution < -0.4 is 5.32 Å². The Labute approximate surface area is 160 Å². The number of ether oxygens (including phenoxy) is 2. The van der Waals surface area contributed by atoms with Crippen molar-refractivity contribution in [3.63, 3.8) is 0 Å². The third-order valence-corrected chi connectivity index (χ3v) is 5.90. The second kappa shape index (κ2) is 8.99. The zero-order valence-corrected chi connectivity index (χ0v) is 17.5. The molecule has 0 unspecified atom stereocenters. The first-order valence-electron chi connectivity index (χ1n) is 8.72. The van der Waals surface area contributed by atoms with Crippen LogP contribution in [0.3, 0.4) is 0 Å². The normalized spacial score (nSPS) is 26.2. The van der Waals surface area contributed by atoms with Gasteiger partial charge in [0, 0.05) is 5.92 Å². The summed E-state index contributed by atoms with van der Waals surface area (Å²) in [5.41, 5.74) is -0.415. The highest BCUT2D eigenvalue weighted by Crippen LogP contribution is 2.33. The molecule has 0 aromatic carbocycles. The average molecular weight is 469 g/mol. The number of halogens is 2. The summed E-state index contributed by atoms with van der Waals surface area (Å²) in [7, 11) is 0. The molecule has 1 saturated carbocycles. The maximum atomic E-state index is 12.5. The quantitative estimate of drug-likeness (QED) is 0.493. The lowest BCUT2D eigenvalue weighted by Crippen LogP contribution is -2.44. The molecule has 1 aliphatic carbocycles. The van der Waals surface area contributed by atoms with Gasteiger partial charge in [-0.1, -0.05) is 31.9 Å². The number of carbonyl (C=O) groups excluding carboxylic acids is 2. The molecule has 0 aromatic rings. The SMILES string of the molecule is CC(C)(OC(=O)C1CCC(OC(=O)C(Br)Br)CC1)C1CCNCC1. The highest BCUT2D eigenvalue weighted by molar-refractivity contribution is 9.25. The van der Waals surface area contributed by atoms with Gasteiger partial charge in [0.05, 0.1) is 5.92 Å². The molecular formula is C17H27Br2NO4.